The van der Waals surface area contributed by atoms with Crippen LogP contribution in [0.4, 0.5) is 0 Å². The SMILES string of the molecule is COC(=O)c1occc1CNCCOCC(N)=O. The lowest BCUT2D eigenvalue weighted by Crippen LogP contribution is -2.24. The number of rotatable bonds is 8. The van der Waals surface area contributed by atoms with Gasteiger partial charge in [0.2, 0.25) is 11.7 Å². The van der Waals surface area contributed by atoms with Crippen LogP contribution in [0.5, 0.6) is 0 Å². The number of ether oxygens (including phenoxy) is 2. The van der Waals surface area contributed by atoms with E-state index in [2.05, 4.69) is 10.1 Å². The van der Waals surface area contributed by atoms with Crippen molar-refractivity contribution >= 4 is 11.9 Å². The summed E-state index contributed by atoms with van der Waals surface area (Å²) < 4.78 is 14.6. The van der Waals surface area contributed by atoms with Gasteiger partial charge in [0.25, 0.3) is 0 Å². The van der Waals surface area contributed by atoms with Crippen molar-refractivity contribution in [3.63, 3.8) is 0 Å². The molecule has 1 heterocycles. The molecule has 3 N–H and O–H groups in total. The van der Waals surface area contributed by atoms with Crippen molar-refractivity contribution in [2.24, 2.45) is 5.73 Å². The van der Waals surface area contributed by atoms with E-state index in [9.17, 15) is 9.59 Å². The second kappa shape index (κ2) is 7.46. The Balaban J connectivity index is 2.25. The molecule has 0 aliphatic rings. The molecule has 1 rings (SSSR count). The Bertz CT molecular complexity index is 402. The molecule has 0 fully saturated rings. The quantitative estimate of drug-likeness (QED) is 0.487. The fourth-order valence-electron chi connectivity index (χ4n) is 1.29. The minimum absolute atomic E-state index is 0.0964. The Morgan fingerprint density at radius 1 is 1.50 bits per heavy atom. The van der Waals surface area contributed by atoms with Crippen molar-refractivity contribution in [1.29, 1.82) is 0 Å². The summed E-state index contributed by atoms with van der Waals surface area (Å²) in [6.07, 6.45) is 1.42. The van der Waals surface area contributed by atoms with Gasteiger partial charge in [-0.05, 0) is 6.07 Å². The first-order valence-electron chi connectivity index (χ1n) is 5.36. The van der Waals surface area contributed by atoms with Crippen molar-refractivity contribution in [2.45, 2.75) is 6.54 Å². The van der Waals surface area contributed by atoms with E-state index >= 15 is 0 Å². The molecule has 0 saturated heterocycles. The van der Waals surface area contributed by atoms with Crippen LogP contribution in [-0.4, -0.2) is 38.7 Å². The molecule has 0 aliphatic heterocycles. The van der Waals surface area contributed by atoms with E-state index in [0.717, 1.165) is 0 Å². The van der Waals surface area contributed by atoms with Gasteiger partial charge in [0.05, 0.1) is 20.0 Å². The highest BCUT2D eigenvalue weighted by Crippen LogP contribution is 2.11. The first kappa shape index (κ1) is 14.2. The number of esters is 1. The van der Waals surface area contributed by atoms with Crippen LogP contribution in [0.2, 0.25) is 0 Å². The molecule has 0 bridgehead atoms. The van der Waals surface area contributed by atoms with E-state index in [4.69, 9.17) is 14.9 Å². The van der Waals surface area contributed by atoms with Gasteiger partial charge in [-0.15, -0.1) is 0 Å². The zero-order valence-electron chi connectivity index (χ0n) is 10.1. The molecule has 0 saturated carbocycles. The van der Waals surface area contributed by atoms with Crippen LogP contribution in [-0.2, 0) is 20.8 Å². The topological polar surface area (TPSA) is 104 Å². The number of nitrogens with two attached hydrogens (primary N) is 1. The maximum atomic E-state index is 11.3. The molecule has 0 aliphatic carbocycles. The molecular formula is C11H16N2O5. The van der Waals surface area contributed by atoms with E-state index in [1.165, 1.54) is 13.4 Å². The molecule has 7 heteroatoms. The molecule has 100 valence electrons. The van der Waals surface area contributed by atoms with Gasteiger partial charge in [0, 0.05) is 18.7 Å². The molecule has 0 atom stereocenters. The number of primary amides is 1. The molecule has 1 aromatic rings. The summed E-state index contributed by atoms with van der Waals surface area (Å²) in [4.78, 5) is 21.7. The Hall–Kier alpha value is -1.86. The predicted octanol–water partition coefficient (Wildman–Crippen LogP) is -0.342. The second-order valence-corrected chi connectivity index (χ2v) is 3.46. The number of furan rings is 1. The van der Waals surface area contributed by atoms with Gasteiger partial charge in [-0.2, -0.15) is 0 Å². The van der Waals surface area contributed by atoms with E-state index in [1.54, 1.807) is 6.07 Å². The van der Waals surface area contributed by atoms with Crippen molar-refractivity contribution in [2.75, 3.05) is 26.9 Å². The lowest BCUT2D eigenvalue weighted by Gasteiger charge is -2.04. The number of carbonyl (C=O) groups is 2. The standard InChI is InChI=1S/C11H16N2O5/c1-16-11(15)10-8(2-4-18-10)6-13-3-5-17-7-9(12)14/h2,4,13H,3,5-7H2,1H3,(H2,12,14). The molecule has 7 nitrogen and oxygen atoms in total. The zero-order valence-corrected chi connectivity index (χ0v) is 10.1. The van der Waals surface area contributed by atoms with Gasteiger partial charge < -0.3 is 24.9 Å². The molecular weight excluding hydrogens is 240 g/mol. The molecule has 0 spiro atoms. The Morgan fingerprint density at radius 2 is 2.28 bits per heavy atom. The third-order valence-corrected chi connectivity index (χ3v) is 2.10. The molecule has 1 aromatic heterocycles. The number of amides is 1. The summed E-state index contributed by atoms with van der Waals surface area (Å²) in [5.41, 5.74) is 5.61. The van der Waals surface area contributed by atoms with Gasteiger partial charge in [-0.3, -0.25) is 4.79 Å². The van der Waals surface area contributed by atoms with Gasteiger partial charge in [-0.1, -0.05) is 0 Å². The molecule has 0 radical (unpaired) electrons. The van der Waals surface area contributed by atoms with Crippen LogP contribution in [0.3, 0.4) is 0 Å². The minimum Gasteiger partial charge on any atom is -0.463 e. The molecule has 1 amide bonds. The van der Waals surface area contributed by atoms with E-state index in [1.807, 2.05) is 0 Å². The van der Waals surface area contributed by atoms with Crippen LogP contribution in [0.15, 0.2) is 16.7 Å². The van der Waals surface area contributed by atoms with Crippen LogP contribution in [0.25, 0.3) is 0 Å². The highest BCUT2D eigenvalue weighted by Gasteiger charge is 2.14. The van der Waals surface area contributed by atoms with Crippen molar-refractivity contribution < 1.29 is 23.5 Å². The summed E-state index contributed by atoms with van der Waals surface area (Å²) in [6.45, 7) is 1.23. The number of hydrogen-bond donors (Lipinski definition) is 2. The van der Waals surface area contributed by atoms with Crippen LogP contribution in [0, 0.1) is 0 Å². The fraction of sp³-hybridized carbons (Fsp3) is 0.455. The summed E-state index contributed by atoms with van der Waals surface area (Å²) in [7, 11) is 1.29. The highest BCUT2D eigenvalue weighted by molar-refractivity contribution is 5.87. The minimum atomic E-state index is -0.512. The van der Waals surface area contributed by atoms with Crippen LogP contribution < -0.4 is 11.1 Å². The number of methoxy groups -OCH3 is 1. The van der Waals surface area contributed by atoms with E-state index < -0.39 is 11.9 Å². The lowest BCUT2D eigenvalue weighted by molar-refractivity contribution is -0.122. The summed E-state index contributed by atoms with van der Waals surface area (Å²) in [5, 5.41) is 3.04. The van der Waals surface area contributed by atoms with Gasteiger partial charge >= 0.3 is 5.97 Å². The Labute approximate surface area is 104 Å². The van der Waals surface area contributed by atoms with Crippen molar-refractivity contribution in [3.8, 4) is 0 Å². The van der Waals surface area contributed by atoms with Gasteiger partial charge in [-0.25, -0.2) is 4.79 Å². The van der Waals surface area contributed by atoms with E-state index in [0.29, 0.717) is 25.3 Å². The Morgan fingerprint density at radius 3 is 2.94 bits per heavy atom. The summed E-state index contributed by atoms with van der Waals surface area (Å²) in [5.74, 6) is -0.831. The van der Waals surface area contributed by atoms with Crippen molar-refractivity contribution in [1.82, 2.24) is 5.32 Å². The Kier molecular flexibility index (Phi) is 5.89. The average Bonchev–Trinajstić information content (AvgIpc) is 2.80. The summed E-state index contributed by atoms with van der Waals surface area (Å²) in [6, 6.07) is 1.68. The molecule has 0 aromatic carbocycles. The van der Waals surface area contributed by atoms with Gasteiger partial charge in [0.15, 0.2) is 0 Å². The maximum Gasteiger partial charge on any atom is 0.374 e. The average molecular weight is 256 g/mol. The second-order valence-electron chi connectivity index (χ2n) is 3.46. The number of hydrogen-bond acceptors (Lipinski definition) is 6. The first-order valence-corrected chi connectivity index (χ1v) is 5.36. The smallest absolute Gasteiger partial charge is 0.374 e. The third kappa shape index (κ3) is 4.56. The van der Waals surface area contributed by atoms with Gasteiger partial charge in [0.1, 0.15) is 6.61 Å². The lowest BCUT2D eigenvalue weighted by atomic mass is 10.2. The maximum absolute atomic E-state index is 11.3. The number of nitrogens with one attached hydrogen (secondary N) is 1. The van der Waals surface area contributed by atoms with E-state index in [-0.39, 0.29) is 12.4 Å². The van der Waals surface area contributed by atoms with Crippen LogP contribution >= 0.6 is 0 Å². The largest absolute Gasteiger partial charge is 0.463 e. The summed E-state index contributed by atoms with van der Waals surface area (Å²) >= 11 is 0. The zero-order chi connectivity index (χ0) is 13.4. The third-order valence-electron chi connectivity index (χ3n) is 2.10. The normalized spacial score (nSPS) is 10.3. The van der Waals surface area contributed by atoms with Crippen LogP contribution in [0.1, 0.15) is 16.1 Å². The monoisotopic (exact) mass is 256 g/mol. The molecule has 18 heavy (non-hydrogen) atoms. The first-order chi connectivity index (χ1) is 8.65. The number of carbonyl (C=O) groups excluding carboxylic acids is 2. The predicted molar refractivity (Wildman–Crippen MR) is 61.8 cm³/mol. The molecule has 0 unspecified atom stereocenters. The fourth-order valence-corrected chi connectivity index (χ4v) is 1.29. The highest BCUT2D eigenvalue weighted by atomic mass is 16.5. The van der Waals surface area contributed by atoms with Crippen molar-refractivity contribution in [3.05, 3.63) is 23.7 Å².